The summed E-state index contributed by atoms with van der Waals surface area (Å²) in [6, 6.07) is 19.3. The molecule has 0 saturated carbocycles. The van der Waals surface area contributed by atoms with Crippen molar-refractivity contribution < 1.29 is 19.1 Å². The van der Waals surface area contributed by atoms with Crippen molar-refractivity contribution >= 4 is 40.7 Å². The van der Waals surface area contributed by atoms with Crippen LogP contribution in [0.3, 0.4) is 0 Å². The Bertz CT molecular complexity index is 1340. The normalized spacial score (nSPS) is 16.3. The van der Waals surface area contributed by atoms with Crippen LogP contribution in [0.1, 0.15) is 33.9 Å². The second-order valence-electron chi connectivity index (χ2n) is 8.24. The number of hydrogen-bond acceptors (Lipinski definition) is 5. The quantitative estimate of drug-likeness (QED) is 0.475. The van der Waals surface area contributed by atoms with Gasteiger partial charge in [0.2, 0.25) is 6.79 Å². The second kappa shape index (κ2) is 9.60. The van der Waals surface area contributed by atoms with E-state index in [1.165, 1.54) is 9.91 Å². The summed E-state index contributed by atoms with van der Waals surface area (Å²) in [5, 5.41) is 6.96. The summed E-state index contributed by atoms with van der Waals surface area (Å²) < 4.78 is 11.0. The number of hydrogen-bond donors (Lipinski definition) is 0. The van der Waals surface area contributed by atoms with Crippen LogP contribution in [0.4, 0.5) is 0 Å². The minimum absolute atomic E-state index is 0.155. The molecule has 1 atom stereocenters. The van der Waals surface area contributed by atoms with Crippen molar-refractivity contribution in [3.63, 3.8) is 0 Å². The number of benzene rings is 3. The molecule has 2 aliphatic rings. The van der Waals surface area contributed by atoms with Crippen LogP contribution in [0.5, 0.6) is 11.5 Å². The van der Waals surface area contributed by atoms with Gasteiger partial charge in [-0.3, -0.25) is 9.59 Å². The highest BCUT2D eigenvalue weighted by atomic mass is 35.5. The third kappa shape index (κ3) is 4.57. The molecule has 5 rings (SSSR count). The van der Waals surface area contributed by atoms with Crippen LogP contribution in [0, 0.1) is 0 Å². The zero-order valence-electron chi connectivity index (χ0n) is 18.8. The van der Waals surface area contributed by atoms with Crippen molar-refractivity contribution in [2.24, 2.45) is 5.10 Å². The van der Waals surface area contributed by atoms with E-state index in [0.29, 0.717) is 39.2 Å². The van der Waals surface area contributed by atoms with E-state index in [4.69, 9.17) is 32.7 Å². The van der Waals surface area contributed by atoms with Crippen molar-refractivity contribution in [1.82, 2.24) is 9.91 Å². The number of likely N-dealkylation sites (N-methyl/N-ethyl adjacent to an activating group) is 1. The lowest BCUT2D eigenvalue weighted by Gasteiger charge is -2.25. The van der Waals surface area contributed by atoms with E-state index >= 15 is 0 Å². The molecule has 2 aliphatic heterocycles. The molecule has 35 heavy (non-hydrogen) atoms. The third-order valence-electron chi connectivity index (χ3n) is 5.96. The van der Waals surface area contributed by atoms with Crippen LogP contribution in [0.2, 0.25) is 10.0 Å². The maximum atomic E-state index is 13.5. The summed E-state index contributed by atoms with van der Waals surface area (Å²) in [4.78, 5) is 27.7. The first-order valence-corrected chi connectivity index (χ1v) is 11.7. The highest BCUT2D eigenvalue weighted by molar-refractivity contribution is 6.34. The van der Waals surface area contributed by atoms with Crippen LogP contribution < -0.4 is 9.47 Å². The molecule has 2 amide bonds. The summed E-state index contributed by atoms with van der Waals surface area (Å²) >= 11 is 12.6. The average Bonchev–Trinajstić information content (AvgIpc) is 3.51. The number of fused-ring (bicyclic) bond motifs is 1. The molecule has 0 radical (unpaired) electrons. The Morgan fingerprint density at radius 1 is 1.00 bits per heavy atom. The standard InChI is InChI=1S/C26H21Cl2N3O4/c1-30(26(33)18-7-3-5-9-20(18)28)14-25(32)31-22(16-10-11-23-24(12-16)35-15-34-23)13-21(29-31)17-6-2-4-8-19(17)27/h2-12,22H,13-15H2,1H3/t22-/m0/s1. The molecule has 0 unspecified atom stereocenters. The zero-order chi connectivity index (χ0) is 24.5. The van der Waals surface area contributed by atoms with E-state index in [2.05, 4.69) is 5.10 Å². The molecular formula is C26H21Cl2N3O4. The predicted molar refractivity (Wildman–Crippen MR) is 133 cm³/mol. The third-order valence-corrected chi connectivity index (χ3v) is 6.61. The van der Waals surface area contributed by atoms with Gasteiger partial charge in [0.05, 0.1) is 22.3 Å². The number of hydrazone groups is 1. The Balaban J connectivity index is 1.44. The Kier molecular flexibility index (Phi) is 6.36. The number of carbonyl (C=O) groups excluding carboxylic acids is 2. The molecule has 3 aromatic carbocycles. The zero-order valence-corrected chi connectivity index (χ0v) is 20.3. The lowest BCUT2D eigenvalue weighted by Crippen LogP contribution is -2.39. The number of halogens is 2. The molecule has 9 heteroatoms. The lowest BCUT2D eigenvalue weighted by molar-refractivity contribution is -0.133. The van der Waals surface area contributed by atoms with Gasteiger partial charge in [-0.1, -0.05) is 59.6 Å². The molecule has 0 fully saturated rings. The summed E-state index contributed by atoms with van der Waals surface area (Å²) in [6.45, 7) is -0.0210. The Morgan fingerprint density at radius 3 is 2.49 bits per heavy atom. The SMILES string of the molecule is CN(CC(=O)N1N=C(c2ccccc2Cl)C[C@H]1c1ccc2c(c1)OCO2)C(=O)c1ccccc1Cl. The number of rotatable bonds is 5. The molecule has 178 valence electrons. The van der Waals surface area contributed by atoms with E-state index in [1.54, 1.807) is 37.4 Å². The fourth-order valence-corrected chi connectivity index (χ4v) is 4.63. The van der Waals surface area contributed by atoms with Gasteiger partial charge in [-0.05, 0) is 35.9 Å². The number of ether oxygens (including phenoxy) is 2. The molecule has 0 spiro atoms. The lowest BCUT2D eigenvalue weighted by atomic mass is 9.98. The van der Waals surface area contributed by atoms with E-state index in [9.17, 15) is 9.59 Å². The summed E-state index contributed by atoms with van der Waals surface area (Å²) in [5.41, 5.74) is 2.62. The minimum Gasteiger partial charge on any atom is -0.454 e. The summed E-state index contributed by atoms with van der Waals surface area (Å²) in [6.07, 6.45) is 0.456. The van der Waals surface area contributed by atoms with Crippen molar-refractivity contribution in [1.29, 1.82) is 0 Å². The summed E-state index contributed by atoms with van der Waals surface area (Å²) in [7, 11) is 1.56. The van der Waals surface area contributed by atoms with E-state index in [-0.39, 0.29) is 25.2 Å². The predicted octanol–water partition coefficient (Wildman–Crippen LogP) is 5.17. The Labute approximate surface area is 212 Å². The number of nitrogens with zero attached hydrogens (tertiary/aromatic N) is 3. The smallest absolute Gasteiger partial charge is 0.262 e. The van der Waals surface area contributed by atoms with Crippen LogP contribution in [-0.2, 0) is 4.79 Å². The fraction of sp³-hybridized carbons (Fsp3) is 0.192. The van der Waals surface area contributed by atoms with Crippen LogP contribution in [0.25, 0.3) is 0 Å². The highest BCUT2D eigenvalue weighted by Crippen LogP contribution is 2.39. The van der Waals surface area contributed by atoms with E-state index in [0.717, 1.165) is 11.1 Å². The first-order valence-electron chi connectivity index (χ1n) is 11.0. The molecule has 2 heterocycles. The van der Waals surface area contributed by atoms with Gasteiger partial charge in [-0.2, -0.15) is 5.10 Å². The molecule has 7 nitrogen and oxygen atoms in total. The molecule has 0 N–H and O–H groups in total. The first kappa shape index (κ1) is 23.2. The van der Waals surface area contributed by atoms with Gasteiger partial charge >= 0.3 is 0 Å². The number of amides is 2. The van der Waals surface area contributed by atoms with Crippen LogP contribution in [0.15, 0.2) is 71.8 Å². The van der Waals surface area contributed by atoms with E-state index in [1.807, 2.05) is 36.4 Å². The second-order valence-corrected chi connectivity index (χ2v) is 9.05. The van der Waals surface area contributed by atoms with Crippen LogP contribution in [-0.4, -0.2) is 47.8 Å². The largest absolute Gasteiger partial charge is 0.454 e. The van der Waals surface area contributed by atoms with Gasteiger partial charge in [0, 0.05) is 24.1 Å². The van der Waals surface area contributed by atoms with E-state index < -0.39 is 6.04 Å². The minimum atomic E-state index is -0.396. The van der Waals surface area contributed by atoms with Gasteiger partial charge in [-0.15, -0.1) is 0 Å². The van der Waals surface area contributed by atoms with Crippen molar-refractivity contribution in [2.75, 3.05) is 20.4 Å². The van der Waals surface area contributed by atoms with Crippen molar-refractivity contribution in [2.45, 2.75) is 12.5 Å². The van der Waals surface area contributed by atoms with Gasteiger partial charge in [0.15, 0.2) is 11.5 Å². The van der Waals surface area contributed by atoms with Gasteiger partial charge in [-0.25, -0.2) is 5.01 Å². The highest BCUT2D eigenvalue weighted by Gasteiger charge is 2.35. The van der Waals surface area contributed by atoms with Gasteiger partial charge in [0.25, 0.3) is 11.8 Å². The average molecular weight is 510 g/mol. The Morgan fingerprint density at radius 2 is 1.71 bits per heavy atom. The maximum Gasteiger partial charge on any atom is 0.262 e. The molecule has 0 aromatic heterocycles. The maximum absolute atomic E-state index is 13.5. The molecule has 0 bridgehead atoms. The fourth-order valence-electron chi connectivity index (χ4n) is 4.17. The summed E-state index contributed by atoms with van der Waals surface area (Å²) in [5.74, 6) is 0.588. The molecule has 0 saturated heterocycles. The first-order chi connectivity index (χ1) is 16.9. The monoisotopic (exact) mass is 509 g/mol. The molecule has 3 aromatic rings. The van der Waals surface area contributed by atoms with Crippen molar-refractivity contribution in [3.8, 4) is 11.5 Å². The topological polar surface area (TPSA) is 71.4 Å². The Hall–Kier alpha value is -3.55. The van der Waals surface area contributed by atoms with Gasteiger partial charge < -0.3 is 14.4 Å². The van der Waals surface area contributed by atoms with Crippen LogP contribution >= 0.6 is 23.2 Å². The van der Waals surface area contributed by atoms with Crippen molar-refractivity contribution in [3.05, 3.63) is 93.5 Å². The number of carbonyl (C=O) groups is 2. The molecule has 0 aliphatic carbocycles. The molecular weight excluding hydrogens is 489 g/mol. The van der Waals surface area contributed by atoms with Gasteiger partial charge in [0.1, 0.15) is 6.54 Å².